The first kappa shape index (κ1) is 24.8. The monoisotopic (exact) mass is 495 g/mol. The van der Waals surface area contributed by atoms with Crippen molar-refractivity contribution in [1.82, 2.24) is 15.6 Å². The van der Waals surface area contributed by atoms with Crippen LogP contribution in [0.25, 0.3) is 0 Å². The lowest BCUT2D eigenvalue weighted by Gasteiger charge is -2.30. The lowest BCUT2D eigenvalue weighted by molar-refractivity contribution is 0.0690. The third kappa shape index (κ3) is 6.01. The van der Waals surface area contributed by atoms with Gasteiger partial charge in [-0.05, 0) is 68.1 Å². The summed E-state index contributed by atoms with van der Waals surface area (Å²) in [5.41, 5.74) is -0.0777. The first-order valence-electron chi connectivity index (χ1n) is 11.3. The number of nitrogens with one attached hydrogen (secondary N) is 2. The van der Waals surface area contributed by atoms with E-state index < -0.39 is 29.4 Å². The fraction of sp³-hybridized carbons (Fsp3) is 0.231. The summed E-state index contributed by atoms with van der Waals surface area (Å²) in [6.07, 6.45) is 3.15. The van der Waals surface area contributed by atoms with E-state index in [1.165, 1.54) is 36.4 Å². The second kappa shape index (κ2) is 10.9. The summed E-state index contributed by atoms with van der Waals surface area (Å²) >= 11 is 0. The Morgan fingerprint density at radius 1 is 0.806 bits per heavy atom. The number of carbonyl (C=O) groups is 3. The van der Waals surface area contributed by atoms with Gasteiger partial charge in [-0.2, -0.15) is 0 Å². The van der Waals surface area contributed by atoms with Gasteiger partial charge in [0.1, 0.15) is 22.9 Å². The smallest absolute Gasteiger partial charge is 0.336 e. The Balaban J connectivity index is 1.35. The molecule has 3 N–H and O–H groups in total. The number of rotatable bonds is 7. The Bertz CT molecular complexity index is 1270. The van der Waals surface area contributed by atoms with Gasteiger partial charge in [0.15, 0.2) is 0 Å². The number of aromatic carboxylic acids is 1. The molecule has 1 aliphatic carbocycles. The number of carboxylic acid groups (broad SMARTS) is 1. The summed E-state index contributed by atoms with van der Waals surface area (Å²) in [6, 6.07) is 11.7. The molecular formula is C26H23F2N3O5. The summed E-state index contributed by atoms with van der Waals surface area (Å²) in [7, 11) is 0. The van der Waals surface area contributed by atoms with E-state index in [0.29, 0.717) is 25.7 Å². The molecule has 3 aromatic rings. The van der Waals surface area contributed by atoms with Crippen LogP contribution in [0.3, 0.4) is 0 Å². The van der Waals surface area contributed by atoms with Gasteiger partial charge in [-0.25, -0.2) is 18.6 Å². The molecule has 0 atom stereocenters. The Hall–Kier alpha value is -4.34. The molecule has 1 aliphatic rings. The number of amides is 2. The quantitative estimate of drug-likeness (QED) is 0.449. The standard InChI is InChI=1S/C26H23F2N3O5/c27-15-5-11-19(12-6-15)36-25-22(13-16(28)14-29-25)24(33)31-18-9-7-17(8-10-18)30-23(32)20-3-1-2-4-21(20)26(34)35/h1-6,11-14,17-18H,7-10H2,(H,30,32)(H,31,33)(H,34,35). The number of hydrogen-bond acceptors (Lipinski definition) is 5. The van der Waals surface area contributed by atoms with Crippen LogP contribution in [0.5, 0.6) is 11.6 Å². The van der Waals surface area contributed by atoms with Crippen LogP contribution in [0.4, 0.5) is 8.78 Å². The molecular weight excluding hydrogens is 472 g/mol. The molecule has 2 amide bonds. The van der Waals surface area contributed by atoms with Crippen LogP contribution >= 0.6 is 0 Å². The van der Waals surface area contributed by atoms with Gasteiger partial charge >= 0.3 is 5.97 Å². The Morgan fingerprint density at radius 2 is 1.36 bits per heavy atom. The largest absolute Gasteiger partial charge is 0.478 e. The lowest BCUT2D eigenvalue weighted by atomic mass is 9.90. The molecule has 0 radical (unpaired) electrons. The van der Waals surface area contributed by atoms with Crippen LogP contribution < -0.4 is 15.4 Å². The third-order valence-electron chi connectivity index (χ3n) is 5.89. The molecule has 1 fully saturated rings. The maximum absolute atomic E-state index is 13.8. The zero-order valence-electron chi connectivity index (χ0n) is 19.0. The molecule has 1 aromatic heterocycles. The highest BCUT2D eigenvalue weighted by molar-refractivity contribution is 6.04. The molecule has 4 rings (SSSR count). The van der Waals surface area contributed by atoms with Gasteiger partial charge in [0.2, 0.25) is 5.88 Å². The maximum Gasteiger partial charge on any atom is 0.336 e. The Morgan fingerprint density at radius 3 is 1.94 bits per heavy atom. The van der Waals surface area contributed by atoms with E-state index in [-0.39, 0.29) is 40.4 Å². The molecule has 0 bridgehead atoms. The highest BCUT2D eigenvalue weighted by Gasteiger charge is 2.27. The molecule has 186 valence electrons. The number of nitrogens with zero attached hydrogens (tertiary/aromatic N) is 1. The number of carboxylic acids is 1. The second-order valence-electron chi connectivity index (χ2n) is 8.41. The van der Waals surface area contributed by atoms with Gasteiger partial charge in [-0.1, -0.05) is 12.1 Å². The second-order valence-corrected chi connectivity index (χ2v) is 8.41. The van der Waals surface area contributed by atoms with Crippen molar-refractivity contribution in [2.75, 3.05) is 0 Å². The molecule has 10 heteroatoms. The summed E-state index contributed by atoms with van der Waals surface area (Å²) < 4.78 is 32.6. The predicted octanol–water partition coefficient (Wildman–Crippen LogP) is 4.32. The SMILES string of the molecule is O=C(O)c1ccccc1C(=O)NC1CCC(NC(=O)c2cc(F)cnc2Oc2ccc(F)cc2)CC1. The molecule has 0 unspecified atom stereocenters. The van der Waals surface area contributed by atoms with Gasteiger partial charge in [0.25, 0.3) is 11.8 Å². The van der Waals surface area contributed by atoms with Gasteiger partial charge in [-0.3, -0.25) is 9.59 Å². The Kier molecular flexibility index (Phi) is 7.53. The van der Waals surface area contributed by atoms with E-state index in [9.17, 15) is 28.3 Å². The van der Waals surface area contributed by atoms with Crippen molar-refractivity contribution < 1.29 is 33.0 Å². The topological polar surface area (TPSA) is 118 Å². The molecule has 36 heavy (non-hydrogen) atoms. The molecule has 8 nitrogen and oxygen atoms in total. The van der Waals surface area contributed by atoms with E-state index >= 15 is 0 Å². The predicted molar refractivity (Wildman–Crippen MR) is 125 cm³/mol. The minimum Gasteiger partial charge on any atom is -0.478 e. The van der Waals surface area contributed by atoms with E-state index in [2.05, 4.69) is 15.6 Å². The molecule has 0 aliphatic heterocycles. The minimum atomic E-state index is -1.18. The molecule has 2 aromatic carbocycles. The highest BCUT2D eigenvalue weighted by atomic mass is 19.1. The maximum atomic E-state index is 13.8. The number of aromatic nitrogens is 1. The van der Waals surface area contributed by atoms with Crippen molar-refractivity contribution in [1.29, 1.82) is 0 Å². The summed E-state index contributed by atoms with van der Waals surface area (Å²) in [5, 5.41) is 15.0. The highest BCUT2D eigenvalue weighted by Crippen LogP contribution is 2.25. The Labute approximate surface area is 205 Å². The number of ether oxygens (including phenoxy) is 1. The van der Waals surface area contributed by atoms with Crippen molar-refractivity contribution in [2.24, 2.45) is 0 Å². The zero-order valence-corrected chi connectivity index (χ0v) is 19.0. The number of pyridine rings is 1. The van der Waals surface area contributed by atoms with Gasteiger partial charge in [0.05, 0.1) is 17.3 Å². The van der Waals surface area contributed by atoms with E-state index in [1.54, 1.807) is 12.1 Å². The molecule has 0 spiro atoms. The van der Waals surface area contributed by atoms with Crippen LogP contribution in [-0.2, 0) is 0 Å². The minimum absolute atomic E-state index is 0.0710. The summed E-state index contributed by atoms with van der Waals surface area (Å²) in [6.45, 7) is 0. The normalized spacial score (nSPS) is 17.2. The van der Waals surface area contributed by atoms with Crippen LogP contribution in [0.15, 0.2) is 60.8 Å². The molecule has 1 heterocycles. The molecule has 1 saturated carbocycles. The zero-order chi connectivity index (χ0) is 25.7. The van der Waals surface area contributed by atoms with Crippen molar-refractivity contribution in [3.8, 4) is 11.6 Å². The number of carbonyl (C=O) groups excluding carboxylic acids is 2. The fourth-order valence-electron chi connectivity index (χ4n) is 4.06. The fourth-order valence-corrected chi connectivity index (χ4v) is 4.06. The van der Waals surface area contributed by atoms with Crippen molar-refractivity contribution in [3.05, 3.63) is 89.1 Å². The van der Waals surface area contributed by atoms with Crippen LogP contribution in [0.1, 0.15) is 56.8 Å². The first-order valence-corrected chi connectivity index (χ1v) is 11.3. The lowest BCUT2D eigenvalue weighted by Crippen LogP contribution is -2.44. The van der Waals surface area contributed by atoms with Crippen molar-refractivity contribution in [3.63, 3.8) is 0 Å². The van der Waals surface area contributed by atoms with Crippen LogP contribution in [0.2, 0.25) is 0 Å². The first-order chi connectivity index (χ1) is 17.3. The van der Waals surface area contributed by atoms with Gasteiger partial charge in [-0.15, -0.1) is 0 Å². The number of benzene rings is 2. The summed E-state index contributed by atoms with van der Waals surface area (Å²) in [5.74, 6) is -3.24. The van der Waals surface area contributed by atoms with E-state index in [4.69, 9.17) is 4.74 Å². The van der Waals surface area contributed by atoms with Crippen molar-refractivity contribution in [2.45, 2.75) is 37.8 Å². The number of halogens is 2. The summed E-state index contributed by atoms with van der Waals surface area (Å²) in [4.78, 5) is 40.7. The third-order valence-corrected chi connectivity index (χ3v) is 5.89. The van der Waals surface area contributed by atoms with E-state index in [1.807, 2.05) is 0 Å². The van der Waals surface area contributed by atoms with Gasteiger partial charge < -0.3 is 20.5 Å². The van der Waals surface area contributed by atoms with Crippen molar-refractivity contribution >= 4 is 17.8 Å². The van der Waals surface area contributed by atoms with Gasteiger partial charge in [0, 0.05) is 12.1 Å². The van der Waals surface area contributed by atoms with Crippen LogP contribution in [0, 0.1) is 11.6 Å². The molecule has 0 saturated heterocycles. The average molecular weight is 495 g/mol. The average Bonchev–Trinajstić information content (AvgIpc) is 2.87. The van der Waals surface area contributed by atoms with E-state index in [0.717, 1.165) is 12.3 Å². The van der Waals surface area contributed by atoms with Crippen LogP contribution in [-0.4, -0.2) is 40.0 Å². The number of hydrogen-bond donors (Lipinski definition) is 3.